The highest BCUT2D eigenvalue weighted by atomic mass is 31.2. The highest BCUT2D eigenvalue weighted by Gasteiger charge is 2.46. The summed E-state index contributed by atoms with van der Waals surface area (Å²) in [5, 5.41) is 2.54. The molecule has 0 saturated heterocycles. The minimum atomic E-state index is -3.14. The summed E-state index contributed by atoms with van der Waals surface area (Å²) in [6, 6.07) is 56.6. The molecule has 0 spiro atoms. The molecule has 0 aromatic heterocycles. The van der Waals surface area contributed by atoms with E-state index in [9.17, 15) is 0 Å². The van der Waals surface area contributed by atoms with Crippen molar-refractivity contribution in [2.24, 2.45) is 0 Å². The molecular weight excluding hydrogens is 491 g/mol. The van der Waals surface area contributed by atoms with Gasteiger partial charge in [-0.2, -0.15) is 0 Å². The summed E-state index contributed by atoms with van der Waals surface area (Å²) >= 11 is 0. The van der Waals surface area contributed by atoms with Crippen molar-refractivity contribution in [1.82, 2.24) is 0 Å². The second-order valence-corrected chi connectivity index (χ2v) is 12.8. The lowest BCUT2D eigenvalue weighted by molar-refractivity contribution is 0.592. The van der Waals surface area contributed by atoms with Crippen LogP contribution < -0.4 is 15.9 Å². The second-order valence-electron chi connectivity index (χ2n) is 10.0. The lowest BCUT2D eigenvalue weighted by Crippen LogP contribution is -2.31. The Bertz CT molecular complexity index is 1730. The topological polar surface area (TPSA) is 17.1 Å². The normalized spacial score (nSPS) is 13.4. The lowest BCUT2D eigenvalue weighted by Gasteiger charge is -2.34. The summed E-state index contributed by atoms with van der Waals surface area (Å²) in [6.07, 6.45) is 0. The summed E-state index contributed by atoms with van der Waals surface area (Å²) < 4.78 is 15.4. The highest BCUT2D eigenvalue weighted by molar-refractivity contribution is 7.85. The third-order valence-corrected chi connectivity index (χ3v) is 11.1. The van der Waals surface area contributed by atoms with E-state index in [1.807, 2.05) is 60.7 Å². The molecule has 0 saturated carbocycles. The number of hydrogen-bond donors (Lipinski definition) is 0. The molecule has 0 fully saturated rings. The van der Waals surface area contributed by atoms with Gasteiger partial charge in [0, 0.05) is 15.9 Å². The molecule has 1 aliphatic carbocycles. The Morgan fingerprint density at radius 3 is 1.36 bits per heavy atom. The van der Waals surface area contributed by atoms with Crippen molar-refractivity contribution in [2.45, 2.75) is 5.41 Å². The van der Waals surface area contributed by atoms with Gasteiger partial charge in [-0.1, -0.05) is 158 Å². The minimum Gasteiger partial charge on any atom is -0.309 e. The van der Waals surface area contributed by atoms with E-state index >= 15 is 4.57 Å². The van der Waals surface area contributed by atoms with E-state index in [2.05, 4.69) is 103 Å². The molecule has 1 nitrogen and oxygen atoms in total. The van der Waals surface area contributed by atoms with Gasteiger partial charge in [0.2, 0.25) is 0 Å². The third kappa shape index (κ3) is 3.51. The molecule has 0 amide bonds. The molecule has 39 heavy (non-hydrogen) atoms. The monoisotopic (exact) mass is 518 g/mol. The van der Waals surface area contributed by atoms with Crippen molar-refractivity contribution in [1.29, 1.82) is 0 Å². The first-order valence-corrected chi connectivity index (χ1v) is 15.0. The first-order valence-electron chi connectivity index (χ1n) is 13.3. The number of rotatable bonds is 5. The van der Waals surface area contributed by atoms with E-state index in [1.165, 1.54) is 33.4 Å². The molecule has 0 N–H and O–H groups in total. The van der Waals surface area contributed by atoms with Crippen LogP contribution in [-0.4, -0.2) is 0 Å². The quantitative estimate of drug-likeness (QED) is 0.214. The summed E-state index contributed by atoms with van der Waals surface area (Å²) in [5.41, 5.74) is 6.72. The minimum absolute atomic E-state index is 0.525. The van der Waals surface area contributed by atoms with Crippen LogP contribution in [0.5, 0.6) is 0 Å². The molecule has 1 aliphatic rings. The van der Waals surface area contributed by atoms with E-state index < -0.39 is 12.6 Å². The van der Waals surface area contributed by atoms with Crippen LogP contribution >= 0.6 is 7.14 Å². The zero-order valence-electron chi connectivity index (χ0n) is 21.4. The van der Waals surface area contributed by atoms with Gasteiger partial charge in [-0.3, -0.25) is 0 Å². The summed E-state index contributed by atoms with van der Waals surface area (Å²) in [4.78, 5) is 0. The number of fused-ring (bicyclic) bond motifs is 3. The number of benzene rings is 6. The Balaban J connectivity index is 1.59. The van der Waals surface area contributed by atoms with Crippen molar-refractivity contribution in [3.63, 3.8) is 0 Å². The smallest absolute Gasteiger partial charge is 0.171 e. The fraction of sp³-hybridized carbons (Fsp3) is 0.0270. The summed E-state index contributed by atoms with van der Waals surface area (Å²) in [5.74, 6) is 0. The molecule has 6 aromatic rings. The molecule has 0 atom stereocenters. The van der Waals surface area contributed by atoms with Crippen molar-refractivity contribution >= 4 is 23.1 Å². The highest BCUT2D eigenvalue weighted by Crippen LogP contribution is 2.56. The van der Waals surface area contributed by atoms with Crippen molar-refractivity contribution in [2.75, 3.05) is 0 Å². The maximum Gasteiger partial charge on any atom is 0.171 e. The van der Waals surface area contributed by atoms with Crippen LogP contribution in [0.25, 0.3) is 11.1 Å². The van der Waals surface area contributed by atoms with Gasteiger partial charge in [-0.15, -0.1) is 0 Å². The van der Waals surface area contributed by atoms with Crippen molar-refractivity contribution in [3.05, 3.63) is 186 Å². The zero-order valence-corrected chi connectivity index (χ0v) is 22.3. The molecule has 0 aliphatic heterocycles. The van der Waals surface area contributed by atoms with E-state index in [0.717, 1.165) is 15.9 Å². The maximum atomic E-state index is 15.4. The summed E-state index contributed by atoms with van der Waals surface area (Å²) in [7, 11) is -3.14. The predicted octanol–water partition coefficient (Wildman–Crippen LogP) is 7.69. The van der Waals surface area contributed by atoms with E-state index in [4.69, 9.17) is 0 Å². The van der Waals surface area contributed by atoms with Crippen LogP contribution in [0.4, 0.5) is 0 Å². The standard InChI is InChI=1S/C37H27OP/c38-39(30-19-9-3-10-20-30,31-21-11-4-12-22-31)32-25-26-34-33-23-13-14-24-35(33)37(36(34)27-32,28-15-5-1-6-16-28)29-17-7-2-8-18-29/h1-27H. The predicted molar refractivity (Wildman–Crippen MR) is 163 cm³/mol. The Kier molecular flexibility index (Phi) is 5.69. The van der Waals surface area contributed by atoms with Gasteiger partial charge in [0.25, 0.3) is 0 Å². The van der Waals surface area contributed by atoms with Gasteiger partial charge < -0.3 is 4.57 Å². The van der Waals surface area contributed by atoms with Gasteiger partial charge in [-0.25, -0.2) is 0 Å². The maximum absolute atomic E-state index is 15.4. The van der Waals surface area contributed by atoms with Crippen LogP contribution in [-0.2, 0) is 9.98 Å². The molecule has 186 valence electrons. The third-order valence-electron chi connectivity index (χ3n) is 8.05. The van der Waals surface area contributed by atoms with E-state index in [1.54, 1.807) is 0 Å². The van der Waals surface area contributed by atoms with E-state index in [-0.39, 0.29) is 0 Å². The van der Waals surface area contributed by atoms with Crippen LogP contribution in [0, 0.1) is 0 Å². The van der Waals surface area contributed by atoms with Crippen molar-refractivity contribution in [3.8, 4) is 11.1 Å². The van der Waals surface area contributed by atoms with Gasteiger partial charge in [0.05, 0.1) is 5.41 Å². The molecule has 7 rings (SSSR count). The van der Waals surface area contributed by atoms with Crippen LogP contribution in [0.3, 0.4) is 0 Å². The average Bonchev–Trinajstić information content (AvgIpc) is 3.33. The Morgan fingerprint density at radius 1 is 0.385 bits per heavy atom. The molecule has 6 aromatic carbocycles. The molecule has 0 unspecified atom stereocenters. The van der Waals surface area contributed by atoms with Crippen molar-refractivity contribution < 1.29 is 4.57 Å². The van der Waals surface area contributed by atoms with Gasteiger partial charge >= 0.3 is 0 Å². The molecular formula is C37H27OP. The molecule has 0 heterocycles. The van der Waals surface area contributed by atoms with Gasteiger partial charge in [0.15, 0.2) is 7.14 Å². The largest absolute Gasteiger partial charge is 0.309 e. The molecule has 0 radical (unpaired) electrons. The van der Waals surface area contributed by atoms with Crippen LogP contribution in [0.15, 0.2) is 164 Å². The Hall–Kier alpha value is -4.45. The molecule has 2 heteroatoms. The number of hydrogen-bond acceptors (Lipinski definition) is 1. The molecule has 0 bridgehead atoms. The summed E-state index contributed by atoms with van der Waals surface area (Å²) in [6.45, 7) is 0. The fourth-order valence-corrected chi connectivity index (χ4v) is 9.03. The second kappa shape index (κ2) is 9.38. The fourth-order valence-electron chi connectivity index (χ4n) is 6.35. The lowest BCUT2D eigenvalue weighted by atomic mass is 9.68. The SMILES string of the molecule is O=P(c1ccccc1)(c1ccccc1)c1ccc2c(c1)C(c1ccccc1)(c1ccccc1)c1ccccc1-2. The van der Waals surface area contributed by atoms with Crippen LogP contribution in [0.1, 0.15) is 22.3 Å². The first kappa shape index (κ1) is 23.7. The van der Waals surface area contributed by atoms with E-state index in [0.29, 0.717) is 0 Å². The first-order chi connectivity index (χ1) is 19.2. The van der Waals surface area contributed by atoms with Gasteiger partial charge in [-0.05, 0) is 39.4 Å². The van der Waals surface area contributed by atoms with Crippen LogP contribution in [0.2, 0.25) is 0 Å². The zero-order chi connectivity index (χ0) is 26.3. The Morgan fingerprint density at radius 2 is 0.821 bits per heavy atom. The average molecular weight is 519 g/mol. The Labute approximate surface area is 229 Å². The van der Waals surface area contributed by atoms with Gasteiger partial charge in [0.1, 0.15) is 0 Å².